The van der Waals surface area contributed by atoms with Gasteiger partial charge in [-0.1, -0.05) is 18.2 Å². The molecule has 2 aromatic rings. The van der Waals surface area contributed by atoms with Gasteiger partial charge in [0.05, 0.1) is 12.7 Å². The Morgan fingerprint density at radius 3 is 2.91 bits per heavy atom. The van der Waals surface area contributed by atoms with Crippen molar-refractivity contribution in [3.8, 4) is 11.6 Å². The lowest BCUT2D eigenvalue weighted by Gasteiger charge is -2.17. The average molecular weight is 297 g/mol. The van der Waals surface area contributed by atoms with Crippen LogP contribution in [0.15, 0.2) is 47.6 Å². The minimum Gasteiger partial charge on any atom is -0.496 e. The van der Waals surface area contributed by atoms with Gasteiger partial charge in [-0.15, -0.1) is 0 Å². The number of nitrogens with one attached hydrogen (secondary N) is 1. The van der Waals surface area contributed by atoms with Gasteiger partial charge in [-0.2, -0.15) is 0 Å². The van der Waals surface area contributed by atoms with Gasteiger partial charge >= 0.3 is 0 Å². The molecule has 0 aliphatic carbocycles. The molecule has 0 saturated carbocycles. The second-order valence-electron chi connectivity index (χ2n) is 4.97. The molecule has 1 aliphatic heterocycles. The first kappa shape index (κ1) is 14.4. The molecule has 0 radical (unpaired) electrons. The zero-order chi connectivity index (χ0) is 15.2. The minimum atomic E-state index is 0.404. The smallest absolute Gasteiger partial charge is 0.224 e. The Morgan fingerprint density at radius 1 is 1.18 bits per heavy atom. The first-order chi connectivity index (χ1) is 10.9. The van der Waals surface area contributed by atoms with Gasteiger partial charge in [-0.3, -0.25) is 4.99 Å². The van der Waals surface area contributed by atoms with Crippen LogP contribution in [0.25, 0.3) is 0 Å². The molecule has 0 spiro atoms. The Morgan fingerprint density at radius 2 is 2.09 bits per heavy atom. The summed E-state index contributed by atoms with van der Waals surface area (Å²) in [7, 11) is 1.66. The topological polar surface area (TPSA) is 55.7 Å². The molecule has 0 fully saturated rings. The van der Waals surface area contributed by atoms with Crippen LogP contribution in [0, 0.1) is 0 Å². The van der Waals surface area contributed by atoms with Crippen molar-refractivity contribution in [2.75, 3.05) is 20.2 Å². The van der Waals surface area contributed by atoms with Crippen molar-refractivity contribution in [1.29, 1.82) is 0 Å². The van der Waals surface area contributed by atoms with E-state index in [0.717, 1.165) is 42.2 Å². The molecular formula is C17H19N3O2. The summed E-state index contributed by atoms with van der Waals surface area (Å²) in [5.41, 5.74) is 1.89. The summed E-state index contributed by atoms with van der Waals surface area (Å²) in [6.45, 7) is 2.17. The number of benzene rings is 1. The maximum atomic E-state index is 5.91. The highest BCUT2D eigenvalue weighted by molar-refractivity contribution is 6.00. The molecule has 0 amide bonds. The molecule has 0 saturated heterocycles. The molecule has 1 N–H and O–H groups in total. The summed E-state index contributed by atoms with van der Waals surface area (Å²) in [6, 6.07) is 11.7. The van der Waals surface area contributed by atoms with Crippen LogP contribution in [0.4, 0.5) is 0 Å². The van der Waals surface area contributed by atoms with E-state index in [1.165, 1.54) is 0 Å². The number of hydrogen-bond donors (Lipinski definition) is 1. The van der Waals surface area contributed by atoms with E-state index in [0.29, 0.717) is 12.5 Å². The highest BCUT2D eigenvalue weighted by atomic mass is 16.5. The molecular weight excluding hydrogens is 278 g/mol. The summed E-state index contributed by atoms with van der Waals surface area (Å²) in [6.07, 6.45) is 2.78. The lowest BCUT2D eigenvalue weighted by molar-refractivity contribution is 0.285. The summed E-state index contributed by atoms with van der Waals surface area (Å²) in [5.74, 6) is 2.25. The molecule has 5 nitrogen and oxygen atoms in total. The van der Waals surface area contributed by atoms with Gasteiger partial charge in [0.15, 0.2) is 0 Å². The number of ether oxygens (including phenoxy) is 2. The van der Waals surface area contributed by atoms with Crippen LogP contribution in [0.3, 0.4) is 0 Å². The number of aromatic nitrogens is 1. The van der Waals surface area contributed by atoms with Crippen molar-refractivity contribution in [3.05, 3.63) is 53.7 Å². The van der Waals surface area contributed by atoms with Crippen LogP contribution < -0.4 is 14.8 Å². The Bertz CT molecular complexity index is 670. The Balaban J connectivity index is 1.79. The van der Waals surface area contributed by atoms with Gasteiger partial charge in [-0.05, 0) is 24.6 Å². The number of aliphatic imine (C=N–C) groups is 1. The number of pyridine rings is 1. The molecule has 3 rings (SSSR count). The number of rotatable bonds is 5. The molecule has 5 heteroatoms. The molecule has 0 bridgehead atoms. The molecule has 1 aliphatic rings. The summed E-state index contributed by atoms with van der Waals surface area (Å²) < 4.78 is 11.3. The van der Waals surface area contributed by atoms with Crippen LogP contribution in [-0.4, -0.2) is 31.0 Å². The summed E-state index contributed by atoms with van der Waals surface area (Å²) in [4.78, 5) is 8.85. The third-order valence-corrected chi connectivity index (χ3v) is 3.48. The quantitative estimate of drug-likeness (QED) is 0.921. The highest BCUT2D eigenvalue weighted by Crippen LogP contribution is 2.21. The highest BCUT2D eigenvalue weighted by Gasteiger charge is 2.14. The first-order valence-electron chi connectivity index (χ1n) is 7.37. The SMILES string of the molecule is COc1ccccc1COc1ncccc1C1=NCCCN1. The lowest BCUT2D eigenvalue weighted by Crippen LogP contribution is -2.30. The number of nitrogens with zero attached hydrogens (tertiary/aromatic N) is 2. The molecule has 22 heavy (non-hydrogen) atoms. The fraction of sp³-hybridized carbons (Fsp3) is 0.294. The van der Waals surface area contributed by atoms with Gasteiger partial charge in [0.1, 0.15) is 18.2 Å². The van der Waals surface area contributed by atoms with E-state index >= 15 is 0 Å². The third-order valence-electron chi connectivity index (χ3n) is 3.48. The largest absolute Gasteiger partial charge is 0.496 e. The zero-order valence-corrected chi connectivity index (χ0v) is 12.6. The van der Waals surface area contributed by atoms with Crippen LogP contribution in [-0.2, 0) is 6.61 Å². The predicted octanol–water partition coefficient (Wildman–Crippen LogP) is 2.41. The molecule has 2 heterocycles. The lowest BCUT2D eigenvalue weighted by atomic mass is 10.2. The molecule has 1 aromatic heterocycles. The van der Waals surface area contributed by atoms with E-state index in [-0.39, 0.29) is 0 Å². The summed E-state index contributed by atoms with van der Waals surface area (Å²) in [5, 5.41) is 3.30. The molecule has 114 valence electrons. The number of para-hydroxylation sites is 1. The van der Waals surface area contributed by atoms with E-state index in [2.05, 4.69) is 15.3 Å². The second kappa shape index (κ2) is 6.93. The van der Waals surface area contributed by atoms with E-state index in [4.69, 9.17) is 9.47 Å². The second-order valence-corrected chi connectivity index (χ2v) is 4.97. The van der Waals surface area contributed by atoms with Crippen LogP contribution in [0.2, 0.25) is 0 Å². The van der Waals surface area contributed by atoms with Gasteiger partial charge < -0.3 is 14.8 Å². The predicted molar refractivity (Wildman–Crippen MR) is 85.6 cm³/mol. The molecule has 0 unspecified atom stereocenters. The van der Waals surface area contributed by atoms with Gasteiger partial charge in [-0.25, -0.2) is 4.98 Å². The van der Waals surface area contributed by atoms with Crippen molar-refractivity contribution in [3.63, 3.8) is 0 Å². The monoisotopic (exact) mass is 297 g/mol. The van der Waals surface area contributed by atoms with E-state index in [1.54, 1.807) is 13.3 Å². The van der Waals surface area contributed by atoms with Crippen molar-refractivity contribution in [1.82, 2.24) is 10.3 Å². The Labute approximate surface area is 130 Å². The fourth-order valence-electron chi connectivity index (χ4n) is 2.37. The van der Waals surface area contributed by atoms with Gasteiger partial charge in [0, 0.05) is 24.8 Å². The molecule has 1 aromatic carbocycles. The van der Waals surface area contributed by atoms with Crippen molar-refractivity contribution >= 4 is 5.84 Å². The van der Waals surface area contributed by atoms with Gasteiger partial charge in [0.25, 0.3) is 0 Å². The van der Waals surface area contributed by atoms with Gasteiger partial charge in [0.2, 0.25) is 5.88 Å². The minimum absolute atomic E-state index is 0.404. The third kappa shape index (κ3) is 3.19. The van der Waals surface area contributed by atoms with Crippen molar-refractivity contribution in [2.24, 2.45) is 4.99 Å². The fourth-order valence-corrected chi connectivity index (χ4v) is 2.37. The van der Waals surface area contributed by atoms with E-state index in [1.807, 2.05) is 36.4 Å². The zero-order valence-electron chi connectivity index (χ0n) is 12.6. The first-order valence-corrected chi connectivity index (χ1v) is 7.37. The standard InChI is InChI=1S/C17H19N3O2/c1-21-15-8-3-2-6-13(15)12-22-17-14(7-4-9-20-17)16-18-10-5-11-19-16/h2-4,6-9H,5,10-12H2,1H3,(H,18,19). The maximum Gasteiger partial charge on any atom is 0.224 e. The number of amidine groups is 1. The van der Waals surface area contributed by atoms with Crippen molar-refractivity contribution in [2.45, 2.75) is 13.0 Å². The Kier molecular flexibility index (Phi) is 4.53. The van der Waals surface area contributed by atoms with Crippen LogP contribution >= 0.6 is 0 Å². The van der Waals surface area contributed by atoms with Crippen molar-refractivity contribution < 1.29 is 9.47 Å². The normalized spacial score (nSPS) is 14.0. The number of methoxy groups -OCH3 is 1. The maximum absolute atomic E-state index is 5.91. The average Bonchev–Trinajstić information content (AvgIpc) is 2.61. The van der Waals surface area contributed by atoms with Crippen LogP contribution in [0.5, 0.6) is 11.6 Å². The van der Waals surface area contributed by atoms with Crippen LogP contribution in [0.1, 0.15) is 17.5 Å². The summed E-state index contributed by atoms with van der Waals surface area (Å²) >= 11 is 0. The Hall–Kier alpha value is -2.56. The molecule has 0 atom stereocenters. The van der Waals surface area contributed by atoms with E-state index < -0.39 is 0 Å². The van der Waals surface area contributed by atoms with E-state index in [9.17, 15) is 0 Å². The number of hydrogen-bond acceptors (Lipinski definition) is 5.